The average Bonchev–Trinajstić information content (AvgIpc) is 2.39. The highest BCUT2D eigenvalue weighted by Crippen LogP contribution is 2.32. The smallest absolute Gasteiger partial charge is 0.210 e. The maximum Gasteiger partial charge on any atom is 0.210 e. The van der Waals surface area contributed by atoms with E-state index in [1.54, 1.807) is 6.20 Å². The van der Waals surface area contributed by atoms with Crippen LogP contribution in [0.2, 0.25) is 0 Å². The fourth-order valence-electron chi connectivity index (χ4n) is 3.01. The van der Waals surface area contributed by atoms with E-state index < -0.39 is 0 Å². The molecule has 0 spiro atoms. The first-order chi connectivity index (χ1) is 9.82. The summed E-state index contributed by atoms with van der Waals surface area (Å²) in [5.41, 5.74) is 9.74. The van der Waals surface area contributed by atoms with E-state index >= 15 is 0 Å². The standard InChI is InChI=1S/C17H25N3O/c1-12-9-14(18)10-19-16(12)13-5-7-15(8-6-13)20(11-21)17(2,3)4/h5,9-11,15H,6-8,18H2,1-4H3. The number of anilines is 1. The van der Waals surface area contributed by atoms with Crippen molar-refractivity contribution in [1.29, 1.82) is 0 Å². The van der Waals surface area contributed by atoms with Crippen molar-refractivity contribution in [3.05, 3.63) is 29.6 Å². The van der Waals surface area contributed by atoms with Crippen molar-refractivity contribution in [1.82, 2.24) is 9.88 Å². The Morgan fingerprint density at radius 2 is 2.14 bits per heavy atom. The monoisotopic (exact) mass is 287 g/mol. The largest absolute Gasteiger partial charge is 0.397 e. The van der Waals surface area contributed by atoms with Gasteiger partial charge < -0.3 is 10.6 Å². The Hall–Kier alpha value is -1.84. The predicted molar refractivity (Wildman–Crippen MR) is 86.7 cm³/mol. The Labute approximate surface area is 127 Å². The molecule has 1 aliphatic rings. The molecular formula is C17H25N3O. The van der Waals surface area contributed by atoms with E-state index in [1.807, 2.05) is 17.9 Å². The van der Waals surface area contributed by atoms with Gasteiger partial charge in [0.2, 0.25) is 6.41 Å². The number of pyridine rings is 1. The molecule has 1 heterocycles. The molecule has 1 unspecified atom stereocenters. The molecule has 2 N–H and O–H groups in total. The second-order valence-corrected chi connectivity index (χ2v) is 6.78. The number of carbonyl (C=O) groups excluding carboxylic acids is 1. The van der Waals surface area contributed by atoms with Crippen LogP contribution in [0.3, 0.4) is 0 Å². The zero-order chi connectivity index (χ0) is 15.6. The Morgan fingerprint density at radius 1 is 1.43 bits per heavy atom. The molecule has 21 heavy (non-hydrogen) atoms. The van der Waals surface area contributed by atoms with Crippen molar-refractivity contribution < 1.29 is 4.79 Å². The maximum absolute atomic E-state index is 11.4. The van der Waals surface area contributed by atoms with E-state index in [9.17, 15) is 4.79 Å². The molecule has 2 rings (SSSR count). The third kappa shape index (κ3) is 3.43. The molecule has 1 atom stereocenters. The highest BCUT2D eigenvalue weighted by Gasteiger charge is 2.29. The van der Waals surface area contributed by atoms with Crippen LogP contribution in [0.5, 0.6) is 0 Å². The molecule has 4 heteroatoms. The molecule has 1 aromatic heterocycles. The van der Waals surface area contributed by atoms with Crippen molar-refractivity contribution in [3.8, 4) is 0 Å². The lowest BCUT2D eigenvalue weighted by Gasteiger charge is -2.40. The molecule has 0 bridgehead atoms. The van der Waals surface area contributed by atoms with Gasteiger partial charge in [-0.25, -0.2) is 0 Å². The fourth-order valence-corrected chi connectivity index (χ4v) is 3.01. The van der Waals surface area contributed by atoms with E-state index in [2.05, 4.69) is 31.8 Å². The average molecular weight is 287 g/mol. The van der Waals surface area contributed by atoms with E-state index in [1.165, 1.54) is 5.57 Å². The van der Waals surface area contributed by atoms with Crippen molar-refractivity contribution in [2.24, 2.45) is 0 Å². The summed E-state index contributed by atoms with van der Waals surface area (Å²) in [4.78, 5) is 17.8. The number of nitrogen functional groups attached to an aromatic ring is 1. The van der Waals surface area contributed by atoms with Crippen LogP contribution in [0, 0.1) is 6.92 Å². The topological polar surface area (TPSA) is 59.2 Å². The van der Waals surface area contributed by atoms with Gasteiger partial charge in [-0.1, -0.05) is 6.08 Å². The summed E-state index contributed by atoms with van der Waals surface area (Å²) in [6.45, 7) is 8.27. The molecule has 0 aromatic carbocycles. The number of rotatable bonds is 3. The molecular weight excluding hydrogens is 262 g/mol. The molecule has 1 aliphatic carbocycles. The summed E-state index contributed by atoms with van der Waals surface area (Å²) in [5.74, 6) is 0. The molecule has 1 amide bonds. The van der Waals surface area contributed by atoms with Gasteiger partial charge in [-0.05, 0) is 64.2 Å². The summed E-state index contributed by atoms with van der Waals surface area (Å²) in [6.07, 6.45) is 7.73. The Bertz CT molecular complexity index is 558. The van der Waals surface area contributed by atoms with E-state index in [0.29, 0.717) is 5.69 Å². The van der Waals surface area contributed by atoms with Crippen LogP contribution in [-0.2, 0) is 4.79 Å². The molecule has 0 radical (unpaired) electrons. The predicted octanol–water partition coefficient (Wildman–Crippen LogP) is 3.17. The number of amides is 1. The second kappa shape index (κ2) is 5.88. The van der Waals surface area contributed by atoms with Gasteiger partial charge in [0.05, 0.1) is 17.6 Å². The van der Waals surface area contributed by atoms with Crippen molar-refractivity contribution >= 4 is 17.7 Å². The number of allylic oxidation sites excluding steroid dienone is 1. The molecule has 4 nitrogen and oxygen atoms in total. The minimum atomic E-state index is -0.132. The molecule has 1 aromatic rings. The number of hydrogen-bond acceptors (Lipinski definition) is 3. The highest BCUT2D eigenvalue weighted by atomic mass is 16.1. The van der Waals surface area contributed by atoms with Crippen molar-refractivity contribution in [3.63, 3.8) is 0 Å². The van der Waals surface area contributed by atoms with Gasteiger partial charge in [-0.2, -0.15) is 0 Å². The highest BCUT2D eigenvalue weighted by molar-refractivity contribution is 5.67. The zero-order valence-corrected chi connectivity index (χ0v) is 13.4. The van der Waals surface area contributed by atoms with Crippen LogP contribution in [-0.4, -0.2) is 27.9 Å². The van der Waals surface area contributed by atoms with Gasteiger partial charge >= 0.3 is 0 Å². The number of nitrogens with two attached hydrogens (primary N) is 1. The number of aromatic nitrogens is 1. The summed E-state index contributed by atoms with van der Waals surface area (Å²) < 4.78 is 0. The minimum Gasteiger partial charge on any atom is -0.397 e. The molecule has 0 saturated heterocycles. The third-order valence-corrected chi connectivity index (χ3v) is 4.07. The molecule has 114 valence electrons. The van der Waals surface area contributed by atoms with Gasteiger partial charge in [0, 0.05) is 11.6 Å². The first kappa shape index (κ1) is 15.5. The number of aryl methyl sites for hydroxylation is 1. The maximum atomic E-state index is 11.4. The SMILES string of the molecule is Cc1cc(N)cnc1C1=CCC(N(C=O)C(C)(C)C)CC1. The van der Waals surface area contributed by atoms with Crippen molar-refractivity contribution in [2.45, 2.75) is 58.5 Å². The molecule has 0 fully saturated rings. The van der Waals surface area contributed by atoms with E-state index in [4.69, 9.17) is 5.73 Å². The van der Waals surface area contributed by atoms with Crippen LogP contribution >= 0.6 is 0 Å². The van der Waals surface area contributed by atoms with Gasteiger partial charge in [0.25, 0.3) is 0 Å². The first-order valence-electron chi connectivity index (χ1n) is 7.48. The number of nitrogens with zero attached hydrogens (tertiary/aromatic N) is 2. The zero-order valence-electron chi connectivity index (χ0n) is 13.4. The van der Waals surface area contributed by atoms with E-state index in [0.717, 1.165) is 36.9 Å². The van der Waals surface area contributed by atoms with Crippen LogP contribution in [0.25, 0.3) is 5.57 Å². The van der Waals surface area contributed by atoms with E-state index in [-0.39, 0.29) is 11.6 Å². The van der Waals surface area contributed by atoms with Crippen molar-refractivity contribution in [2.75, 3.05) is 5.73 Å². The third-order valence-electron chi connectivity index (χ3n) is 4.07. The molecule has 0 saturated carbocycles. The summed E-state index contributed by atoms with van der Waals surface area (Å²) in [5, 5.41) is 0. The Kier molecular flexibility index (Phi) is 4.35. The normalized spacial score (nSPS) is 19.0. The fraction of sp³-hybridized carbons (Fsp3) is 0.529. The summed E-state index contributed by atoms with van der Waals surface area (Å²) in [6, 6.07) is 2.24. The van der Waals surface area contributed by atoms with Gasteiger partial charge in [0.1, 0.15) is 0 Å². The minimum absolute atomic E-state index is 0.132. The van der Waals surface area contributed by atoms with Crippen LogP contribution in [0.15, 0.2) is 18.3 Å². The summed E-state index contributed by atoms with van der Waals surface area (Å²) in [7, 11) is 0. The lowest BCUT2D eigenvalue weighted by molar-refractivity contribution is -0.125. The Balaban J connectivity index is 2.17. The van der Waals surface area contributed by atoms with Gasteiger partial charge in [0.15, 0.2) is 0 Å². The summed E-state index contributed by atoms with van der Waals surface area (Å²) >= 11 is 0. The number of hydrogen-bond donors (Lipinski definition) is 1. The van der Waals surface area contributed by atoms with Crippen LogP contribution < -0.4 is 5.73 Å². The molecule has 0 aliphatic heterocycles. The van der Waals surface area contributed by atoms with Crippen LogP contribution in [0.4, 0.5) is 5.69 Å². The lowest BCUT2D eigenvalue weighted by Crippen LogP contribution is -2.47. The Morgan fingerprint density at radius 3 is 2.62 bits per heavy atom. The second-order valence-electron chi connectivity index (χ2n) is 6.78. The quantitative estimate of drug-likeness (QED) is 0.869. The van der Waals surface area contributed by atoms with Gasteiger partial charge in [-0.3, -0.25) is 9.78 Å². The van der Waals surface area contributed by atoms with Gasteiger partial charge in [-0.15, -0.1) is 0 Å². The number of carbonyl (C=O) groups is 1. The first-order valence-corrected chi connectivity index (χ1v) is 7.48. The lowest BCUT2D eigenvalue weighted by atomic mass is 9.89. The van der Waals surface area contributed by atoms with Crippen LogP contribution in [0.1, 0.15) is 51.3 Å².